The van der Waals surface area contributed by atoms with Crippen molar-refractivity contribution >= 4 is 30.5 Å². The van der Waals surface area contributed by atoms with Crippen molar-refractivity contribution in [3.05, 3.63) is 59.9 Å². The van der Waals surface area contributed by atoms with Crippen LogP contribution in [-0.2, 0) is 6.54 Å². The van der Waals surface area contributed by atoms with Gasteiger partial charge in [0.2, 0.25) is 0 Å². The van der Waals surface area contributed by atoms with Gasteiger partial charge in [-0.3, -0.25) is 4.90 Å². The molecule has 0 bridgehead atoms. The van der Waals surface area contributed by atoms with Crippen LogP contribution in [0.25, 0.3) is 0 Å². The third kappa shape index (κ3) is 8.49. The number of likely N-dealkylation sites (tertiary alicyclic amines) is 1. The molecule has 174 valence electrons. The number of ether oxygens (including phenoxy) is 1. The maximum atomic E-state index is 13.1. The summed E-state index contributed by atoms with van der Waals surface area (Å²) in [4.78, 5) is 4.51. The summed E-state index contributed by atoms with van der Waals surface area (Å²) in [7, 11) is 2.06. The van der Waals surface area contributed by atoms with Gasteiger partial charge in [-0.25, -0.2) is 4.39 Å². The maximum absolute atomic E-state index is 13.1. The molecule has 2 aromatic carbocycles. The van der Waals surface area contributed by atoms with Gasteiger partial charge in [-0.1, -0.05) is 12.1 Å². The highest BCUT2D eigenvalue weighted by molar-refractivity contribution is 5.85. The number of benzene rings is 2. The smallest absolute Gasteiger partial charge is 0.123 e. The van der Waals surface area contributed by atoms with E-state index in [9.17, 15) is 9.50 Å². The highest BCUT2D eigenvalue weighted by atomic mass is 35.5. The molecule has 4 nitrogen and oxygen atoms in total. The van der Waals surface area contributed by atoms with Crippen LogP contribution in [-0.4, -0.2) is 48.4 Å². The van der Waals surface area contributed by atoms with E-state index in [1.807, 2.05) is 38.1 Å². The molecule has 0 saturated carbocycles. The standard InChI is InChI=1S/C24H33FN2O2.2ClH/c1-19(2)29-23-10-8-22(9-11-23)26(3)15-12-24(28)13-16-27(17-14-24)18-20-4-6-21(25)7-5-20;;/h4-11,19,28H,12-18H2,1-3H3;2*1H. The van der Waals surface area contributed by atoms with Crippen LogP contribution < -0.4 is 9.64 Å². The molecule has 0 spiro atoms. The fourth-order valence-corrected chi connectivity index (χ4v) is 3.78. The van der Waals surface area contributed by atoms with Crippen molar-refractivity contribution in [2.45, 2.75) is 51.4 Å². The number of rotatable bonds is 8. The Bertz CT molecular complexity index is 764. The van der Waals surface area contributed by atoms with Crippen LogP contribution in [0.4, 0.5) is 10.1 Å². The quantitative estimate of drug-likeness (QED) is 0.564. The van der Waals surface area contributed by atoms with Crippen LogP contribution in [0.3, 0.4) is 0 Å². The van der Waals surface area contributed by atoms with Gasteiger partial charge in [0.25, 0.3) is 0 Å². The second kappa shape index (κ2) is 12.5. The Morgan fingerprint density at radius 1 is 1.03 bits per heavy atom. The van der Waals surface area contributed by atoms with E-state index in [2.05, 4.69) is 29.0 Å². The Morgan fingerprint density at radius 2 is 1.61 bits per heavy atom. The summed E-state index contributed by atoms with van der Waals surface area (Å²) in [6.07, 6.45) is 2.45. The number of aliphatic hydroxyl groups is 1. The van der Waals surface area contributed by atoms with E-state index in [1.165, 1.54) is 12.1 Å². The predicted molar refractivity (Wildman–Crippen MR) is 130 cm³/mol. The van der Waals surface area contributed by atoms with Gasteiger partial charge in [0, 0.05) is 38.9 Å². The van der Waals surface area contributed by atoms with Crippen LogP contribution in [0.5, 0.6) is 5.75 Å². The van der Waals surface area contributed by atoms with Crippen molar-refractivity contribution in [3.8, 4) is 5.75 Å². The molecule has 0 aliphatic carbocycles. The van der Waals surface area contributed by atoms with Gasteiger partial charge in [0.05, 0.1) is 11.7 Å². The molecule has 7 heteroatoms. The van der Waals surface area contributed by atoms with Crippen molar-refractivity contribution in [1.82, 2.24) is 4.90 Å². The van der Waals surface area contributed by atoms with Gasteiger partial charge >= 0.3 is 0 Å². The molecule has 0 unspecified atom stereocenters. The Labute approximate surface area is 198 Å². The van der Waals surface area contributed by atoms with Crippen molar-refractivity contribution in [2.75, 3.05) is 31.6 Å². The van der Waals surface area contributed by atoms with Gasteiger partial charge in [-0.2, -0.15) is 0 Å². The Balaban J connectivity index is 0.00000240. The topological polar surface area (TPSA) is 35.9 Å². The van der Waals surface area contributed by atoms with Crippen LogP contribution in [0.2, 0.25) is 0 Å². The summed E-state index contributed by atoms with van der Waals surface area (Å²) in [5.41, 5.74) is 1.62. The Hall–Kier alpha value is -1.53. The average Bonchev–Trinajstić information content (AvgIpc) is 2.70. The third-order valence-corrected chi connectivity index (χ3v) is 5.67. The molecule has 1 aliphatic rings. The predicted octanol–water partition coefficient (Wildman–Crippen LogP) is 5.31. The minimum absolute atomic E-state index is 0. The summed E-state index contributed by atoms with van der Waals surface area (Å²) >= 11 is 0. The lowest BCUT2D eigenvalue weighted by atomic mass is 9.88. The fraction of sp³-hybridized carbons (Fsp3) is 0.500. The van der Waals surface area contributed by atoms with E-state index in [-0.39, 0.29) is 36.7 Å². The normalized spacial score (nSPS) is 15.7. The van der Waals surface area contributed by atoms with Gasteiger partial charge in [0.1, 0.15) is 11.6 Å². The summed E-state index contributed by atoms with van der Waals surface area (Å²) in [6, 6.07) is 14.8. The van der Waals surface area contributed by atoms with Crippen molar-refractivity contribution in [3.63, 3.8) is 0 Å². The van der Waals surface area contributed by atoms with Gasteiger partial charge in [-0.15, -0.1) is 24.8 Å². The molecule has 0 atom stereocenters. The highest BCUT2D eigenvalue weighted by Crippen LogP contribution is 2.28. The van der Waals surface area contributed by atoms with Crippen LogP contribution >= 0.6 is 24.8 Å². The lowest BCUT2D eigenvalue weighted by molar-refractivity contribution is -0.0275. The molecular formula is C24H35Cl2FN2O2. The van der Waals surface area contributed by atoms with E-state index in [0.29, 0.717) is 0 Å². The number of hydrogen-bond donors (Lipinski definition) is 1. The van der Waals surface area contributed by atoms with E-state index in [0.717, 1.165) is 62.4 Å². The Kier molecular flexibility index (Phi) is 11.1. The molecule has 1 saturated heterocycles. The van der Waals surface area contributed by atoms with Gasteiger partial charge < -0.3 is 14.7 Å². The third-order valence-electron chi connectivity index (χ3n) is 5.67. The first kappa shape index (κ1) is 27.5. The molecular weight excluding hydrogens is 438 g/mol. The zero-order valence-electron chi connectivity index (χ0n) is 18.6. The molecule has 0 aromatic heterocycles. The lowest BCUT2D eigenvalue weighted by Crippen LogP contribution is -2.45. The first-order chi connectivity index (χ1) is 13.8. The van der Waals surface area contributed by atoms with E-state index >= 15 is 0 Å². The second-order valence-electron chi connectivity index (χ2n) is 8.46. The van der Waals surface area contributed by atoms with Gasteiger partial charge in [-0.05, 0) is 75.1 Å². The average molecular weight is 473 g/mol. The number of piperidine rings is 1. The number of hydrogen-bond acceptors (Lipinski definition) is 4. The molecule has 1 fully saturated rings. The number of anilines is 1. The van der Waals surface area contributed by atoms with E-state index in [1.54, 1.807) is 0 Å². The zero-order valence-corrected chi connectivity index (χ0v) is 20.2. The second-order valence-corrected chi connectivity index (χ2v) is 8.46. The summed E-state index contributed by atoms with van der Waals surface area (Å²) in [6.45, 7) is 7.37. The lowest BCUT2D eigenvalue weighted by Gasteiger charge is -2.39. The molecule has 0 radical (unpaired) electrons. The molecule has 2 aromatic rings. The summed E-state index contributed by atoms with van der Waals surface area (Å²) in [5.74, 6) is 0.678. The Morgan fingerprint density at radius 3 is 2.16 bits per heavy atom. The van der Waals surface area contributed by atoms with Gasteiger partial charge in [0.15, 0.2) is 0 Å². The number of nitrogens with zero attached hydrogens (tertiary/aromatic N) is 2. The molecule has 1 heterocycles. The maximum Gasteiger partial charge on any atom is 0.123 e. The zero-order chi connectivity index (χ0) is 20.9. The largest absolute Gasteiger partial charge is 0.491 e. The monoisotopic (exact) mass is 472 g/mol. The highest BCUT2D eigenvalue weighted by Gasteiger charge is 2.32. The summed E-state index contributed by atoms with van der Waals surface area (Å²) in [5, 5.41) is 11.0. The SMILES string of the molecule is CC(C)Oc1ccc(N(C)CCC2(O)CCN(Cc3ccc(F)cc3)CC2)cc1.Cl.Cl. The molecule has 1 N–H and O–H groups in total. The molecule has 3 rings (SSSR count). The minimum Gasteiger partial charge on any atom is -0.491 e. The first-order valence-corrected chi connectivity index (χ1v) is 10.5. The number of halogens is 3. The van der Waals surface area contributed by atoms with E-state index < -0.39 is 5.60 Å². The van der Waals surface area contributed by atoms with Crippen LogP contribution in [0, 0.1) is 5.82 Å². The first-order valence-electron chi connectivity index (χ1n) is 10.5. The summed E-state index contributed by atoms with van der Waals surface area (Å²) < 4.78 is 18.7. The fourth-order valence-electron chi connectivity index (χ4n) is 3.78. The minimum atomic E-state index is -0.617. The van der Waals surface area contributed by atoms with Crippen molar-refractivity contribution in [2.24, 2.45) is 0 Å². The van der Waals surface area contributed by atoms with Crippen molar-refractivity contribution in [1.29, 1.82) is 0 Å². The van der Waals surface area contributed by atoms with Crippen LogP contribution in [0.15, 0.2) is 48.5 Å². The molecule has 1 aliphatic heterocycles. The molecule has 31 heavy (non-hydrogen) atoms. The van der Waals surface area contributed by atoms with Crippen molar-refractivity contribution < 1.29 is 14.2 Å². The van der Waals surface area contributed by atoms with Crippen LogP contribution in [0.1, 0.15) is 38.7 Å². The van der Waals surface area contributed by atoms with E-state index in [4.69, 9.17) is 4.74 Å². The molecule has 0 amide bonds.